The van der Waals surface area contributed by atoms with Crippen LogP contribution in [0.15, 0.2) is 61.2 Å². The van der Waals surface area contributed by atoms with Gasteiger partial charge in [0.1, 0.15) is 12.4 Å². The Labute approximate surface area is 127 Å². The van der Waals surface area contributed by atoms with Crippen LogP contribution in [0.4, 0.5) is 5.69 Å². The van der Waals surface area contributed by atoms with Gasteiger partial charge >= 0.3 is 0 Å². The van der Waals surface area contributed by atoms with E-state index in [2.05, 4.69) is 70.9 Å². The maximum Gasteiger partial charge on any atom is 0.119 e. The van der Waals surface area contributed by atoms with Crippen LogP contribution in [0, 0.1) is 3.57 Å². The average molecular weight is 365 g/mol. The summed E-state index contributed by atoms with van der Waals surface area (Å²) in [4.78, 5) is 0. The number of anilines is 1. The molecule has 0 amide bonds. The van der Waals surface area contributed by atoms with Gasteiger partial charge in [-0.05, 0) is 58.5 Å². The number of rotatable bonds is 6. The van der Waals surface area contributed by atoms with E-state index in [1.165, 1.54) is 9.13 Å². The van der Waals surface area contributed by atoms with Crippen LogP contribution in [0.3, 0.4) is 0 Å². The third kappa shape index (κ3) is 4.59. The lowest BCUT2D eigenvalue weighted by Gasteiger charge is -2.08. The molecule has 0 aliphatic rings. The molecule has 2 rings (SSSR count). The number of benzene rings is 2. The average Bonchev–Trinajstić information content (AvgIpc) is 2.44. The van der Waals surface area contributed by atoms with Crippen molar-refractivity contribution < 1.29 is 4.74 Å². The molecule has 0 saturated heterocycles. The Bertz CT molecular complexity index is 537. The minimum atomic E-state index is 0.542. The predicted molar refractivity (Wildman–Crippen MR) is 88.6 cm³/mol. The van der Waals surface area contributed by atoms with Gasteiger partial charge in [-0.2, -0.15) is 0 Å². The van der Waals surface area contributed by atoms with E-state index in [0.29, 0.717) is 6.61 Å². The highest BCUT2D eigenvalue weighted by atomic mass is 127. The third-order valence-electron chi connectivity index (χ3n) is 2.61. The van der Waals surface area contributed by atoms with E-state index in [9.17, 15) is 0 Å². The predicted octanol–water partition coefficient (Wildman–Crippen LogP) is 4.47. The first-order chi connectivity index (χ1) is 9.28. The van der Waals surface area contributed by atoms with Gasteiger partial charge in [0.15, 0.2) is 0 Å². The summed E-state index contributed by atoms with van der Waals surface area (Å²) in [5.74, 6) is 0.873. The van der Waals surface area contributed by atoms with Gasteiger partial charge in [0, 0.05) is 15.8 Å². The van der Waals surface area contributed by atoms with Gasteiger partial charge in [0.05, 0.1) is 0 Å². The summed E-state index contributed by atoms with van der Waals surface area (Å²) in [6.45, 7) is 4.98. The molecule has 2 aromatic rings. The molecule has 0 unspecified atom stereocenters. The zero-order valence-corrected chi connectivity index (χ0v) is 12.8. The molecule has 98 valence electrons. The molecule has 0 heterocycles. The quantitative estimate of drug-likeness (QED) is 0.603. The van der Waals surface area contributed by atoms with Gasteiger partial charge in [0.25, 0.3) is 0 Å². The van der Waals surface area contributed by atoms with E-state index < -0.39 is 0 Å². The van der Waals surface area contributed by atoms with Crippen LogP contribution in [-0.4, -0.2) is 6.61 Å². The minimum absolute atomic E-state index is 0.542. The van der Waals surface area contributed by atoms with E-state index >= 15 is 0 Å². The van der Waals surface area contributed by atoms with Crippen LogP contribution < -0.4 is 10.1 Å². The normalized spacial score (nSPS) is 9.95. The zero-order valence-electron chi connectivity index (χ0n) is 10.6. The van der Waals surface area contributed by atoms with Crippen molar-refractivity contribution in [3.8, 4) is 5.75 Å². The summed E-state index contributed by atoms with van der Waals surface area (Å²) in [5.41, 5.74) is 2.36. The van der Waals surface area contributed by atoms with Crippen molar-refractivity contribution in [2.24, 2.45) is 0 Å². The molecule has 0 radical (unpaired) electrons. The number of halogens is 1. The monoisotopic (exact) mass is 365 g/mol. The second-order valence-corrected chi connectivity index (χ2v) is 5.35. The van der Waals surface area contributed by atoms with Crippen LogP contribution in [0.2, 0.25) is 0 Å². The fourth-order valence-corrected chi connectivity index (χ4v) is 2.20. The van der Waals surface area contributed by atoms with E-state index in [0.717, 1.165) is 18.0 Å². The molecule has 0 fully saturated rings. The maximum absolute atomic E-state index is 5.45. The SMILES string of the molecule is C=CCOc1ccc(CNc2cccc(I)c2)cc1. The highest BCUT2D eigenvalue weighted by Crippen LogP contribution is 2.15. The van der Waals surface area contributed by atoms with Crippen molar-refractivity contribution >= 4 is 28.3 Å². The molecule has 0 bridgehead atoms. The fraction of sp³-hybridized carbons (Fsp3) is 0.125. The van der Waals surface area contributed by atoms with Gasteiger partial charge in [-0.3, -0.25) is 0 Å². The summed E-state index contributed by atoms with van der Waals surface area (Å²) < 4.78 is 6.68. The zero-order chi connectivity index (χ0) is 13.5. The van der Waals surface area contributed by atoms with E-state index in [-0.39, 0.29) is 0 Å². The Balaban J connectivity index is 1.91. The number of hydrogen-bond acceptors (Lipinski definition) is 2. The summed E-state index contributed by atoms with van der Waals surface area (Å²) in [6, 6.07) is 16.4. The van der Waals surface area contributed by atoms with Crippen molar-refractivity contribution in [1.29, 1.82) is 0 Å². The molecule has 19 heavy (non-hydrogen) atoms. The number of nitrogens with one attached hydrogen (secondary N) is 1. The second-order valence-electron chi connectivity index (χ2n) is 4.11. The van der Waals surface area contributed by atoms with Crippen molar-refractivity contribution in [2.75, 3.05) is 11.9 Å². The minimum Gasteiger partial charge on any atom is -0.490 e. The molecule has 0 atom stereocenters. The molecule has 0 aromatic heterocycles. The molecule has 3 heteroatoms. The molecule has 0 saturated carbocycles. The van der Waals surface area contributed by atoms with Crippen molar-refractivity contribution in [1.82, 2.24) is 0 Å². The fourth-order valence-electron chi connectivity index (χ4n) is 1.66. The molecule has 0 aliphatic heterocycles. The van der Waals surface area contributed by atoms with Crippen LogP contribution in [0.25, 0.3) is 0 Å². The Morgan fingerprint density at radius 3 is 2.63 bits per heavy atom. The highest BCUT2D eigenvalue weighted by molar-refractivity contribution is 14.1. The van der Waals surface area contributed by atoms with Crippen LogP contribution in [0.1, 0.15) is 5.56 Å². The number of hydrogen-bond donors (Lipinski definition) is 1. The standard InChI is InChI=1S/C16H16INO/c1-2-10-19-16-8-6-13(7-9-16)12-18-15-5-3-4-14(17)11-15/h2-9,11,18H,1,10,12H2. The lowest BCUT2D eigenvalue weighted by molar-refractivity contribution is 0.363. The molecule has 1 N–H and O–H groups in total. The Kier molecular flexibility index (Phi) is 5.27. The maximum atomic E-state index is 5.45. The van der Waals surface area contributed by atoms with E-state index in [4.69, 9.17) is 4.74 Å². The molecule has 0 aliphatic carbocycles. The third-order valence-corrected chi connectivity index (χ3v) is 3.28. The first-order valence-electron chi connectivity index (χ1n) is 6.10. The van der Waals surface area contributed by atoms with Gasteiger partial charge in [0.2, 0.25) is 0 Å². The first kappa shape index (κ1) is 13.9. The smallest absolute Gasteiger partial charge is 0.119 e. The van der Waals surface area contributed by atoms with Crippen LogP contribution >= 0.6 is 22.6 Å². The summed E-state index contributed by atoms with van der Waals surface area (Å²) in [7, 11) is 0. The van der Waals surface area contributed by atoms with Gasteiger partial charge in [-0.25, -0.2) is 0 Å². The lowest BCUT2D eigenvalue weighted by Crippen LogP contribution is -1.99. The van der Waals surface area contributed by atoms with E-state index in [1.807, 2.05) is 12.1 Å². The Morgan fingerprint density at radius 1 is 1.16 bits per heavy atom. The summed E-state index contributed by atoms with van der Waals surface area (Å²) in [6.07, 6.45) is 1.74. The van der Waals surface area contributed by atoms with Crippen molar-refractivity contribution in [3.05, 3.63) is 70.3 Å². The molecular weight excluding hydrogens is 349 g/mol. The molecular formula is C16H16INO. The number of ether oxygens (including phenoxy) is 1. The van der Waals surface area contributed by atoms with Gasteiger partial charge in [-0.1, -0.05) is 30.9 Å². The molecule has 2 aromatic carbocycles. The van der Waals surface area contributed by atoms with Crippen molar-refractivity contribution in [2.45, 2.75) is 6.54 Å². The van der Waals surface area contributed by atoms with Gasteiger partial charge < -0.3 is 10.1 Å². The van der Waals surface area contributed by atoms with Crippen molar-refractivity contribution in [3.63, 3.8) is 0 Å². The van der Waals surface area contributed by atoms with Crippen LogP contribution in [0.5, 0.6) is 5.75 Å². The highest BCUT2D eigenvalue weighted by Gasteiger charge is 1.96. The topological polar surface area (TPSA) is 21.3 Å². The lowest BCUT2D eigenvalue weighted by atomic mass is 10.2. The largest absolute Gasteiger partial charge is 0.490 e. The van der Waals surface area contributed by atoms with Gasteiger partial charge in [-0.15, -0.1) is 0 Å². The summed E-state index contributed by atoms with van der Waals surface area (Å²) in [5, 5.41) is 3.40. The molecule has 0 spiro atoms. The summed E-state index contributed by atoms with van der Waals surface area (Å²) >= 11 is 2.31. The van der Waals surface area contributed by atoms with E-state index in [1.54, 1.807) is 6.08 Å². The van der Waals surface area contributed by atoms with Crippen LogP contribution in [-0.2, 0) is 6.54 Å². The Morgan fingerprint density at radius 2 is 1.95 bits per heavy atom. The second kappa shape index (κ2) is 7.19. The first-order valence-corrected chi connectivity index (χ1v) is 7.18. The Hall–Kier alpha value is -1.49. The molecule has 2 nitrogen and oxygen atoms in total.